The Labute approximate surface area is 310 Å². The number of fused-ring (bicyclic) bond motifs is 4. The van der Waals surface area contributed by atoms with E-state index < -0.39 is 5.60 Å². The standard InChI is InChI=1S/C20H29NO2.C18H30O2.C4H5NO.C2H6/c1-4-19(23)21-9-5-6-16-13(2)10-18(22)20-11-14(3)15(12-20)7-8-17(16)20;1-12-3-2-4-15-14(12)7-8-17-9-13(5-6-16(15)17)18(20,10-17)11-19;1-3-4(6)5-2;1-2/h1,13,15-18,22H,3,5-12H2,2H3,(H,21,23);12-16,19-20H,2-11H2,1H3;1H,2H3,(H,5,6);1-2H3/t13?,15-,16?,17?,18+,20+;12?,13-,14?,15?,16?,17+,18?;;/m11../s1. The fourth-order valence-electron chi connectivity index (χ4n) is 13.0. The van der Waals surface area contributed by atoms with Crippen molar-refractivity contribution < 1.29 is 24.9 Å². The maximum Gasteiger partial charge on any atom is 0.295 e. The second-order valence-corrected chi connectivity index (χ2v) is 17.5. The monoisotopic (exact) mass is 707 g/mol. The number of carbonyl (C=O) groups excluding carboxylic acids is 2. The van der Waals surface area contributed by atoms with Crippen molar-refractivity contribution >= 4 is 11.8 Å². The Morgan fingerprint density at radius 1 is 0.941 bits per heavy atom. The Morgan fingerprint density at radius 2 is 1.65 bits per heavy atom. The summed E-state index contributed by atoms with van der Waals surface area (Å²) >= 11 is 0. The van der Waals surface area contributed by atoms with Crippen LogP contribution in [0, 0.1) is 88.8 Å². The van der Waals surface area contributed by atoms with Crippen LogP contribution in [-0.2, 0) is 9.59 Å². The maximum atomic E-state index is 11.1. The molecule has 286 valence electrons. The van der Waals surface area contributed by atoms with E-state index in [0.717, 1.165) is 68.6 Å². The van der Waals surface area contributed by atoms with Crippen molar-refractivity contribution in [2.75, 3.05) is 20.2 Å². The minimum atomic E-state index is -0.748. The van der Waals surface area contributed by atoms with Gasteiger partial charge < -0.3 is 26.0 Å². The third-order valence-electron chi connectivity index (χ3n) is 15.2. The molecule has 2 amide bonds. The van der Waals surface area contributed by atoms with Crippen LogP contribution >= 0.6 is 0 Å². The van der Waals surface area contributed by atoms with Gasteiger partial charge in [-0.25, -0.2) is 0 Å². The Bertz CT molecular complexity index is 1300. The first-order valence-corrected chi connectivity index (χ1v) is 20.5. The largest absolute Gasteiger partial charge is 0.393 e. The molecular formula is C44H70N2O5. The summed E-state index contributed by atoms with van der Waals surface area (Å²) in [6.07, 6.45) is 28.7. The highest BCUT2D eigenvalue weighted by Gasteiger charge is 2.63. The highest BCUT2D eigenvalue weighted by Crippen LogP contribution is 2.68. The molecule has 7 aliphatic rings. The topological polar surface area (TPSA) is 119 Å². The summed E-state index contributed by atoms with van der Waals surface area (Å²) in [6, 6.07) is 0. The summed E-state index contributed by atoms with van der Waals surface area (Å²) in [7, 11) is 1.49. The van der Waals surface area contributed by atoms with Crippen molar-refractivity contribution in [1.29, 1.82) is 0 Å². The summed E-state index contributed by atoms with van der Waals surface area (Å²) in [4.78, 5) is 21.0. The van der Waals surface area contributed by atoms with Gasteiger partial charge in [0.05, 0.1) is 18.3 Å². The number of rotatable bonds is 5. The Hall–Kier alpha value is -2.32. The molecule has 8 unspecified atom stereocenters. The van der Waals surface area contributed by atoms with E-state index in [0.29, 0.717) is 41.5 Å². The van der Waals surface area contributed by atoms with Crippen molar-refractivity contribution in [3.8, 4) is 24.7 Å². The zero-order chi connectivity index (χ0) is 37.6. The van der Waals surface area contributed by atoms with Gasteiger partial charge in [-0.05, 0) is 160 Å². The van der Waals surface area contributed by atoms with Gasteiger partial charge in [0.15, 0.2) is 0 Å². The molecule has 0 saturated heterocycles. The lowest BCUT2D eigenvalue weighted by atomic mass is 9.50. The average molecular weight is 707 g/mol. The number of hydrogen-bond acceptors (Lipinski definition) is 5. The van der Waals surface area contributed by atoms with E-state index in [1.165, 1.54) is 70.4 Å². The SMILES string of the molecule is C#CC(=O)NC.C#CC(=O)NCCCC1C(C)C[C@H](O)[C@]23CC(=C)[C@H](CCC12)C3.CC.CC1CCCC2C1CC[C@@]13C[C@@H](CCC21)C(O)(CO)C3. The molecule has 0 aliphatic heterocycles. The number of aliphatic hydroxyl groups is 3. The van der Waals surface area contributed by atoms with Crippen LogP contribution in [0.15, 0.2) is 12.2 Å². The van der Waals surface area contributed by atoms with Crippen LogP contribution in [0.2, 0.25) is 0 Å². The predicted octanol–water partition coefficient (Wildman–Crippen LogP) is 6.65. The van der Waals surface area contributed by atoms with E-state index in [1.807, 2.05) is 19.8 Å². The zero-order valence-electron chi connectivity index (χ0n) is 32.5. The zero-order valence-corrected chi connectivity index (χ0v) is 32.5. The number of allylic oxidation sites excluding steroid dienone is 1. The van der Waals surface area contributed by atoms with Crippen LogP contribution < -0.4 is 10.6 Å². The molecule has 7 aliphatic carbocycles. The van der Waals surface area contributed by atoms with Crippen LogP contribution in [0.5, 0.6) is 0 Å². The van der Waals surface area contributed by atoms with Crippen molar-refractivity contribution in [3.05, 3.63) is 12.2 Å². The molecule has 0 aromatic carbocycles. The lowest BCUT2D eigenvalue weighted by Crippen LogP contribution is -2.51. The summed E-state index contributed by atoms with van der Waals surface area (Å²) < 4.78 is 0. The van der Waals surface area contributed by atoms with Gasteiger partial charge in [0.25, 0.3) is 11.8 Å². The summed E-state index contributed by atoms with van der Waals surface area (Å²) in [5.74, 6) is 9.74. The number of aliphatic hydroxyl groups excluding tert-OH is 2. The molecule has 2 spiro atoms. The molecular weight excluding hydrogens is 636 g/mol. The van der Waals surface area contributed by atoms with E-state index in [2.05, 4.69) is 43.4 Å². The van der Waals surface area contributed by atoms with Crippen LogP contribution in [0.1, 0.15) is 130 Å². The molecule has 7 heteroatoms. The van der Waals surface area contributed by atoms with E-state index in [1.54, 1.807) is 0 Å². The summed E-state index contributed by atoms with van der Waals surface area (Å²) in [5.41, 5.74) is 1.11. The Kier molecular flexibility index (Phi) is 14.4. The molecule has 7 saturated carbocycles. The number of nitrogens with one attached hydrogen (secondary N) is 2. The number of terminal acetylenes is 2. The minimum absolute atomic E-state index is 0.0172. The lowest BCUT2D eigenvalue weighted by Gasteiger charge is -2.55. The van der Waals surface area contributed by atoms with Crippen LogP contribution in [0.25, 0.3) is 0 Å². The first-order valence-electron chi connectivity index (χ1n) is 20.5. The molecule has 7 fully saturated rings. The quantitative estimate of drug-likeness (QED) is 0.125. The maximum absolute atomic E-state index is 11.1. The molecule has 4 bridgehead atoms. The van der Waals surface area contributed by atoms with Gasteiger partial charge in [-0.1, -0.05) is 52.7 Å². The number of hydrogen-bond donors (Lipinski definition) is 5. The third-order valence-corrected chi connectivity index (χ3v) is 15.2. The lowest BCUT2D eigenvalue weighted by molar-refractivity contribution is -0.117. The van der Waals surface area contributed by atoms with Crippen molar-refractivity contribution in [3.63, 3.8) is 0 Å². The highest BCUT2D eigenvalue weighted by atomic mass is 16.3. The Morgan fingerprint density at radius 3 is 2.29 bits per heavy atom. The third kappa shape index (κ3) is 8.42. The van der Waals surface area contributed by atoms with Crippen LogP contribution in [0.4, 0.5) is 0 Å². The summed E-state index contributed by atoms with van der Waals surface area (Å²) in [5, 5.41) is 36.3. The number of carbonyl (C=O) groups is 2. The average Bonchev–Trinajstić information content (AvgIpc) is 3.53. The van der Waals surface area contributed by atoms with Gasteiger partial charge in [0.1, 0.15) is 0 Å². The van der Waals surface area contributed by atoms with Crippen LogP contribution in [0.3, 0.4) is 0 Å². The first kappa shape index (κ1) is 41.4. The number of amides is 2. The van der Waals surface area contributed by atoms with E-state index in [-0.39, 0.29) is 29.9 Å². The van der Waals surface area contributed by atoms with Crippen LogP contribution in [-0.4, -0.2) is 59.0 Å². The van der Waals surface area contributed by atoms with Crippen molar-refractivity contribution in [2.24, 2.45) is 64.1 Å². The van der Waals surface area contributed by atoms with Gasteiger partial charge in [-0.3, -0.25) is 9.59 Å². The first-order chi connectivity index (χ1) is 24.4. The smallest absolute Gasteiger partial charge is 0.295 e. The van der Waals surface area contributed by atoms with Crippen molar-refractivity contribution in [1.82, 2.24) is 10.6 Å². The molecule has 0 heterocycles. The second kappa shape index (κ2) is 17.7. The van der Waals surface area contributed by atoms with Gasteiger partial charge in [0.2, 0.25) is 0 Å². The van der Waals surface area contributed by atoms with Crippen molar-refractivity contribution in [2.45, 2.75) is 142 Å². The molecule has 51 heavy (non-hydrogen) atoms. The molecule has 0 radical (unpaired) electrons. The minimum Gasteiger partial charge on any atom is -0.393 e. The normalized spacial score (nSPS) is 42.5. The van der Waals surface area contributed by atoms with E-state index in [9.17, 15) is 24.9 Å². The van der Waals surface area contributed by atoms with E-state index >= 15 is 0 Å². The fourth-order valence-corrected chi connectivity index (χ4v) is 13.0. The molecule has 0 aromatic heterocycles. The van der Waals surface area contributed by atoms with Gasteiger partial charge in [-0.15, -0.1) is 12.8 Å². The van der Waals surface area contributed by atoms with E-state index in [4.69, 9.17) is 6.42 Å². The fraction of sp³-hybridized carbons (Fsp3) is 0.818. The van der Waals surface area contributed by atoms with Gasteiger partial charge in [-0.2, -0.15) is 0 Å². The summed E-state index contributed by atoms with van der Waals surface area (Å²) in [6.45, 7) is 13.7. The Balaban J connectivity index is 0.000000191. The molecule has 7 rings (SSSR count). The molecule has 0 aromatic rings. The van der Waals surface area contributed by atoms with Gasteiger partial charge in [0, 0.05) is 19.0 Å². The highest BCUT2D eigenvalue weighted by molar-refractivity contribution is 5.92. The molecule has 5 N–H and O–H groups in total. The predicted molar refractivity (Wildman–Crippen MR) is 205 cm³/mol. The molecule has 13 atom stereocenters. The second-order valence-electron chi connectivity index (χ2n) is 17.5. The molecule has 7 nitrogen and oxygen atoms in total. The van der Waals surface area contributed by atoms with Gasteiger partial charge >= 0.3 is 0 Å².